The summed E-state index contributed by atoms with van der Waals surface area (Å²) in [6, 6.07) is 4.39. The molecular formula is C11H12ClF2NO. The number of rotatable bonds is 2. The van der Waals surface area contributed by atoms with Gasteiger partial charge in [0.25, 0.3) is 6.43 Å². The highest BCUT2D eigenvalue weighted by Crippen LogP contribution is 2.31. The van der Waals surface area contributed by atoms with Crippen molar-refractivity contribution >= 4 is 11.6 Å². The molecule has 2 rings (SSSR count). The summed E-state index contributed by atoms with van der Waals surface area (Å²) in [7, 11) is 0. The summed E-state index contributed by atoms with van der Waals surface area (Å²) in [5.41, 5.74) is 0.479. The van der Waals surface area contributed by atoms with Crippen LogP contribution in [0.2, 0.25) is 5.02 Å². The Bertz CT molecular complexity index is 367. The second kappa shape index (κ2) is 5.08. The number of hydrogen-bond acceptors (Lipinski definition) is 2. The molecule has 1 aromatic carbocycles. The molecule has 88 valence electrons. The van der Waals surface area contributed by atoms with Gasteiger partial charge >= 0.3 is 0 Å². The molecule has 5 heteroatoms. The Kier molecular flexibility index (Phi) is 3.74. The van der Waals surface area contributed by atoms with Gasteiger partial charge in [0.05, 0.1) is 12.7 Å². The second-order valence-electron chi connectivity index (χ2n) is 3.64. The molecular weight excluding hydrogens is 236 g/mol. The van der Waals surface area contributed by atoms with E-state index in [2.05, 4.69) is 5.32 Å². The van der Waals surface area contributed by atoms with Gasteiger partial charge in [-0.2, -0.15) is 0 Å². The predicted molar refractivity (Wildman–Crippen MR) is 58.0 cm³/mol. The second-order valence-corrected chi connectivity index (χ2v) is 4.07. The summed E-state index contributed by atoms with van der Waals surface area (Å²) in [6.45, 7) is 1.82. The average Bonchev–Trinajstić information content (AvgIpc) is 2.29. The van der Waals surface area contributed by atoms with Crippen LogP contribution in [0.5, 0.6) is 0 Å². The third-order valence-corrected chi connectivity index (χ3v) is 2.79. The summed E-state index contributed by atoms with van der Waals surface area (Å²) in [5, 5.41) is 3.56. The van der Waals surface area contributed by atoms with Gasteiger partial charge in [-0.05, 0) is 17.7 Å². The van der Waals surface area contributed by atoms with Gasteiger partial charge in [0, 0.05) is 23.7 Å². The topological polar surface area (TPSA) is 21.3 Å². The molecule has 1 aliphatic rings. The van der Waals surface area contributed by atoms with Gasteiger partial charge in [0.15, 0.2) is 0 Å². The van der Waals surface area contributed by atoms with E-state index in [1.54, 1.807) is 6.07 Å². The van der Waals surface area contributed by atoms with Gasteiger partial charge in [-0.1, -0.05) is 17.7 Å². The van der Waals surface area contributed by atoms with Crippen molar-refractivity contribution in [1.82, 2.24) is 5.32 Å². The lowest BCUT2D eigenvalue weighted by atomic mass is 10.0. The van der Waals surface area contributed by atoms with Crippen molar-refractivity contribution in [3.8, 4) is 0 Å². The molecule has 1 atom stereocenters. The summed E-state index contributed by atoms with van der Waals surface area (Å²) < 4.78 is 31.0. The highest BCUT2D eigenvalue weighted by atomic mass is 35.5. The van der Waals surface area contributed by atoms with Gasteiger partial charge < -0.3 is 10.1 Å². The Hall–Kier alpha value is -0.710. The van der Waals surface area contributed by atoms with E-state index in [4.69, 9.17) is 16.3 Å². The van der Waals surface area contributed by atoms with Crippen molar-refractivity contribution in [2.24, 2.45) is 0 Å². The van der Waals surface area contributed by atoms with Gasteiger partial charge in [0.1, 0.15) is 0 Å². The van der Waals surface area contributed by atoms with Crippen molar-refractivity contribution in [1.29, 1.82) is 0 Å². The van der Waals surface area contributed by atoms with Crippen LogP contribution in [0.3, 0.4) is 0 Å². The minimum absolute atomic E-state index is 0.00176. The van der Waals surface area contributed by atoms with Crippen LogP contribution in [0.15, 0.2) is 18.2 Å². The Morgan fingerprint density at radius 2 is 2.25 bits per heavy atom. The predicted octanol–water partition coefficient (Wildman–Crippen LogP) is 2.94. The van der Waals surface area contributed by atoms with Crippen LogP contribution < -0.4 is 5.32 Å². The van der Waals surface area contributed by atoms with Crippen molar-refractivity contribution in [3.63, 3.8) is 0 Å². The monoisotopic (exact) mass is 247 g/mol. The van der Waals surface area contributed by atoms with E-state index in [1.807, 2.05) is 0 Å². The first kappa shape index (κ1) is 11.8. The molecule has 1 fully saturated rings. The van der Waals surface area contributed by atoms with Crippen molar-refractivity contribution < 1.29 is 13.5 Å². The standard InChI is InChI=1S/C11H12ClF2NO/c12-7-1-2-8(11(13)14)9(5-7)10-6-15-3-4-16-10/h1-2,5,10-11,15H,3-4,6H2. The van der Waals surface area contributed by atoms with E-state index in [-0.39, 0.29) is 11.7 Å². The van der Waals surface area contributed by atoms with Gasteiger partial charge in [0.2, 0.25) is 0 Å². The highest BCUT2D eigenvalue weighted by Gasteiger charge is 2.22. The molecule has 1 aliphatic heterocycles. The Labute approximate surface area is 97.5 Å². The number of ether oxygens (including phenoxy) is 1. The average molecular weight is 248 g/mol. The molecule has 1 saturated heterocycles. The first-order chi connectivity index (χ1) is 7.68. The van der Waals surface area contributed by atoms with Crippen LogP contribution in [0.1, 0.15) is 23.7 Å². The minimum Gasteiger partial charge on any atom is -0.371 e. The summed E-state index contributed by atoms with van der Waals surface area (Å²) in [4.78, 5) is 0. The fourth-order valence-electron chi connectivity index (χ4n) is 1.79. The zero-order valence-corrected chi connectivity index (χ0v) is 9.31. The number of hydrogen-bond donors (Lipinski definition) is 1. The quantitative estimate of drug-likeness (QED) is 0.868. The highest BCUT2D eigenvalue weighted by molar-refractivity contribution is 6.30. The smallest absolute Gasteiger partial charge is 0.264 e. The molecule has 0 saturated carbocycles. The minimum atomic E-state index is -2.50. The number of morpholine rings is 1. The SMILES string of the molecule is FC(F)c1ccc(Cl)cc1C1CNCCO1. The third kappa shape index (κ3) is 2.51. The van der Waals surface area contributed by atoms with E-state index < -0.39 is 6.43 Å². The molecule has 1 unspecified atom stereocenters. The fraction of sp³-hybridized carbons (Fsp3) is 0.455. The molecule has 0 radical (unpaired) electrons. The third-order valence-electron chi connectivity index (χ3n) is 2.56. The van der Waals surface area contributed by atoms with Crippen LogP contribution in [-0.4, -0.2) is 19.7 Å². The van der Waals surface area contributed by atoms with Crippen molar-refractivity contribution in [2.45, 2.75) is 12.5 Å². The number of alkyl halides is 2. The van der Waals surface area contributed by atoms with Crippen molar-refractivity contribution in [3.05, 3.63) is 34.3 Å². The van der Waals surface area contributed by atoms with E-state index in [0.717, 1.165) is 6.54 Å². The first-order valence-corrected chi connectivity index (χ1v) is 5.46. The van der Waals surface area contributed by atoms with Gasteiger partial charge in [-0.3, -0.25) is 0 Å². The Balaban J connectivity index is 2.32. The summed E-state index contributed by atoms with van der Waals surface area (Å²) >= 11 is 5.82. The number of benzene rings is 1. The first-order valence-electron chi connectivity index (χ1n) is 5.08. The number of halogens is 3. The molecule has 0 aliphatic carbocycles. The molecule has 1 N–H and O–H groups in total. The zero-order valence-electron chi connectivity index (χ0n) is 8.55. The van der Waals surface area contributed by atoms with E-state index in [9.17, 15) is 8.78 Å². The van der Waals surface area contributed by atoms with Crippen LogP contribution in [-0.2, 0) is 4.74 Å². The normalized spacial score (nSPS) is 21.4. The van der Waals surface area contributed by atoms with Crippen LogP contribution in [0.25, 0.3) is 0 Å². The molecule has 0 amide bonds. The Morgan fingerprint density at radius 1 is 1.44 bits per heavy atom. The van der Waals surface area contributed by atoms with Crippen LogP contribution in [0.4, 0.5) is 8.78 Å². The maximum Gasteiger partial charge on any atom is 0.264 e. The zero-order chi connectivity index (χ0) is 11.5. The molecule has 1 heterocycles. The number of nitrogens with one attached hydrogen (secondary N) is 1. The molecule has 0 aromatic heterocycles. The van der Waals surface area contributed by atoms with E-state index in [1.165, 1.54) is 12.1 Å². The van der Waals surface area contributed by atoms with E-state index >= 15 is 0 Å². The van der Waals surface area contributed by atoms with Crippen LogP contribution >= 0.6 is 11.6 Å². The van der Waals surface area contributed by atoms with Gasteiger partial charge in [-0.25, -0.2) is 8.78 Å². The Morgan fingerprint density at radius 3 is 2.88 bits per heavy atom. The maximum atomic E-state index is 12.8. The van der Waals surface area contributed by atoms with Crippen molar-refractivity contribution in [2.75, 3.05) is 19.7 Å². The maximum absolute atomic E-state index is 12.8. The summed E-state index contributed by atoms with van der Waals surface area (Å²) in [6.07, 6.45) is -2.84. The van der Waals surface area contributed by atoms with E-state index in [0.29, 0.717) is 23.7 Å². The molecule has 2 nitrogen and oxygen atoms in total. The molecule has 0 spiro atoms. The lowest BCUT2D eigenvalue weighted by molar-refractivity contribution is 0.0246. The lowest BCUT2D eigenvalue weighted by Gasteiger charge is -2.25. The van der Waals surface area contributed by atoms with Gasteiger partial charge in [-0.15, -0.1) is 0 Å². The van der Waals surface area contributed by atoms with Crippen LogP contribution in [0, 0.1) is 0 Å². The lowest BCUT2D eigenvalue weighted by Crippen LogP contribution is -2.33. The molecule has 0 bridgehead atoms. The largest absolute Gasteiger partial charge is 0.371 e. The summed E-state index contributed by atoms with van der Waals surface area (Å²) in [5.74, 6) is 0. The fourth-order valence-corrected chi connectivity index (χ4v) is 1.97. The molecule has 16 heavy (non-hydrogen) atoms. The molecule has 1 aromatic rings.